The number of nitrogens with zero attached hydrogens (tertiary/aromatic N) is 2. The van der Waals surface area contributed by atoms with Crippen molar-refractivity contribution in [2.45, 2.75) is 25.9 Å². The molecule has 0 aliphatic heterocycles. The summed E-state index contributed by atoms with van der Waals surface area (Å²) < 4.78 is 21.7. The molecule has 0 spiro atoms. The van der Waals surface area contributed by atoms with Crippen LogP contribution in [0.4, 0.5) is 0 Å². The van der Waals surface area contributed by atoms with Crippen LogP contribution in [0.25, 0.3) is 11.3 Å². The number of methoxy groups -OCH3 is 3. The van der Waals surface area contributed by atoms with E-state index in [1.165, 1.54) is 18.4 Å². The summed E-state index contributed by atoms with van der Waals surface area (Å²) in [6, 6.07) is 12.4. The standard InChI is InChI=1S/C24H24N2O5S/c1-14(2)31-20-9-7-16(11-22(20)30-5)23(27)17(12-25)24-26-18(13-32-24)15-6-8-19(28-3)21(10-15)29-4/h6-11,13-14,17H,1-5H3. The highest BCUT2D eigenvalue weighted by Crippen LogP contribution is 2.35. The van der Waals surface area contributed by atoms with Gasteiger partial charge < -0.3 is 18.9 Å². The average Bonchev–Trinajstić information content (AvgIpc) is 3.28. The number of ether oxygens (including phenoxy) is 4. The molecule has 0 radical (unpaired) electrons. The third-order valence-electron chi connectivity index (χ3n) is 4.65. The zero-order valence-electron chi connectivity index (χ0n) is 18.5. The number of ketones is 1. The Morgan fingerprint density at radius 1 is 0.969 bits per heavy atom. The molecule has 0 N–H and O–H groups in total. The van der Waals surface area contributed by atoms with E-state index >= 15 is 0 Å². The van der Waals surface area contributed by atoms with E-state index in [0.29, 0.717) is 39.3 Å². The highest BCUT2D eigenvalue weighted by atomic mass is 32.1. The Kier molecular flexibility index (Phi) is 7.33. The zero-order valence-corrected chi connectivity index (χ0v) is 19.4. The lowest BCUT2D eigenvalue weighted by Crippen LogP contribution is -2.12. The lowest BCUT2D eigenvalue weighted by atomic mass is 9.99. The summed E-state index contributed by atoms with van der Waals surface area (Å²) in [5.74, 6) is 0.772. The molecule has 0 fully saturated rings. The van der Waals surface area contributed by atoms with Crippen molar-refractivity contribution in [1.29, 1.82) is 5.26 Å². The van der Waals surface area contributed by atoms with Gasteiger partial charge in [0.05, 0.1) is 39.2 Å². The first-order chi connectivity index (χ1) is 15.4. The maximum Gasteiger partial charge on any atom is 0.187 e. The molecule has 1 heterocycles. The molecular formula is C24H24N2O5S. The van der Waals surface area contributed by atoms with Gasteiger partial charge in [0.2, 0.25) is 0 Å². The topological polar surface area (TPSA) is 90.7 Å². The summed E-state index contributed by atoms with van der Waals surface area (Å²) in [6.07, 6.45) is -0.0392. The fourth-order valence-electron chi connectivity index (χ4n) is 3.11. The van der Waals surface area contributed by atoms with Gasteiger partial charge in [0.15, 0.2) is 34.7 Å². The van der Waals surface area contributed by atoms with Crippen molar-refractivity contribution >= 4 is 17.1 Å². The predicted molar refractivity (Wildman–Crippen MR) is 122 cm³/mol. The average molecular weight is 453 g/mol. The molecule has 8 heteroatoms. The normalized spacial score (nSPS) is 11.5. The van der Waals surface area contributed by atoms with Gasteiger partial charge in [0.25, 0.3) is 0 Å². The number of aromatic nitrogens is 1. The molecule has 3 rings (SSSR count). The minimum absolute atomic E-state index is 0.0392. The number of thiazole rings is 1. The van der Waals surface area contributed by atoms with Gasteiger partial charge >= 0.3 is 0 Å². The largest absolute Gasteiger partial charge is 0.493 e. The Labute approximate surface area is 191 Å². The van der Waals surface area contributed by atoms with Crippen molar-refractivity contribution in [2.75, 3.05) is 21.3 Å². The van der Waals surface area contributed by atoms with Crippen LogP contribution in [0, 0.1) is 11.3 Å². The van der Waals surface area contributed by atoms with Crippen LogP contribution in [-0.4, -0.2) is 38.2 Å². The van der Waals surface area contributed by atoms with Gasteiger partial charge in [-0.05, 0) is 50.2 Å². The third-order valence-corrected chi connectivity index (χ3v) is 5.56. The minimum Gasteiger partial charge on any atom is -0.493 e. The van der Waals surface area contributed by atoms with E-state index in [4.69, 9.17) is 18.9 Å². The Balaban J connectivity index is 1.89. The lowest BCUT2D eigenvalue weighted by molar-refractivity contribution is 0.0978. The van der Waals surface area contributed by atoms with Gasteiger partial charge in [0, 0.05) is 16.5 Å². The Bertz CT molecular complexity index is 1150. The van der Waals surface area contributed by atoms with Crippen LogP contribution in [0.15, 0.2) is 41.8 Å². The van der Waals surface area contributed by atoms with Crippen molar-refractivity contribution in [3.8, 4) is 40.3 Å². The van der Waals surface area contributed by atoms with E-state index in [2.05, 4.69) is 11.1 Å². The molecule has 0 aliphatic rings. The van der Waals surface area contributed by atoms with Gasteiger partial charge in [-0.1, -0.05) is 0 Å². The molecule has 0 amide bonds. The van der Waals surface area contributed by atoms with E-state index in [1.54, 1.807) is 44.6 Å². The molecule has 1 aromatic heterocycles. The smallest absolute Gasteiger partial charge is 0.187 e. The molecule has 166 valence electrons. The molecule has 2 aromatic carbocycles. The molecule has 1 unspecified atom stereocenters. The molecular weight excluding hydrogens is 428 g/mol. The minimum atomic E-state index is -1.03. The highest BCUT2D eigenvalue weighted by molar-refractivity contribution is 7.10. The fourth-order valence-corrected chi connectivity index (χ4v) is 3.98. The summed E-state index contributed by atoms with van der Waals surface area (Å²) in [7, 11) is 4.64. The molecule has 0 saturated heterocycles. The predicted octanol–water partition coefficient (Wildman–Crippen LogP) is 5.11. The van der Waals surface area contributed by atoms with Crippen molar-refractivity contribution < 1.29 is 23.7 Å². The van der Waals surface area contributed by atoms with E-state index in [0.717, 1.165) is 5.56 Å². The number of benzene rings is 2. The summed E-state index contributed by atoms with van der Waals surface area (Å²) in [5.41, 5.74) is 1.80. The second kappa shape index (κ2) is 10.2. The molecule has 0 bridgehead atoms. The van der Waals surface area contributed by atoms with Gasteiger partial charge in [-0.3, -0.25) is 4.79 Å². The Hall–Kier alpha value is -3.57. The van der Waals surface area contributed by atoms with E-state index < -0.39 is 5.92 Å². The quantitative estimate of drug-likeness (QED) is 0.417. The van der Waals surface area contributed by atoms with Crippen molar-refractivity contribution in [3.05, 3.63) is 52.3 Å². The van der Waals surface area contributed by atoms with Crippen LogP contribution in [0.5, 0.6) is 23.0 Å². The maximum atomic E-state index is 13.1. The van der Waals surface area contributed by atoms with Crippen LogP contribution in [0.1, 0.15) is 35.1 Å². The Morgan fingerprint density at radius 3 is 2.25 bits per heavy atom. The maximum absolute atomic E-state index is 13.1. The first-order valence-corrected chi connectivity index (χ1v) is 10.8. The SMILES string of the molecule is COc1ccc(-c2csc(C(C#N)C(=O)c3ccc(OC(C)C)c(OC)c3)n2)cc1OC. The van der Waals surface area contributed by atoms with Gasteiger partial charge in [-0.2, -0.15) is 5.26 Å². The number of carbonyl (C=O) groups excluding carboxylic acids is 1. The first-order valence-electron chi connectivity index (χ1n) is 9.88. The summed E-state index contributed by atoms with van der Waals surface area (Å²) >= 11 is 1.26. The second-order valence-electron chi connectivity index (χ2n) is 7.10. The van der Waals surface area contributed by atoms with Crippen LogP contribution in [-0.2, 0) is 0 Å². The highest BCUT2D eigenvalue weighted by Gasteiger charge is 2.26. The van der Waals surface area contributed by atoms with E-state index in [1.807, 2.05) is 25.3 Å². The number of carbonyl (C=O) groups is 1. The van der Waals surface area contributed by atoms with Crippen molar-refractivity contribution in [1.82, 2.24) is 4.98 Å². The zero-order chi connectivity index (χ0) is 23.3. The van der Waals surface area contributed by atoms with Crippen LogP contribution in [0.3, 0.4) is 0 Å². The number of Topliss-reactive ketones (excluding diaryl/α,β-unsaturated/α-hetero) is 1. The van der Waals surface area contributed by atoms with Crippen LogP contribution < -0.4 is 18.9 Å². The third kappa shape index (κ3) is 4.84. The molecule has 32 heavy (non-hydrogen) atoms. The number of hydrogen-bond donors (Lipinski definition) is 0. The Morgan fingerprint density at radius 2 is 1.62 bits per heavy atom. The molecule has 7 nitrogen and oxygen atoms in total. The molecule has 0 saturated carbocycles. The lowest BCUT2D eigenvalue weighted by Gasteiger charge is -2.14. The number of nitriles is 1. The van der Waals surface area contributed by atoms with Crippen LogP contribution >= 0.6 is 11.3 Å². The van der Waals surface area contributed by atoms with E-state index in [-0.39, 0.29) is 11.9 Å². The van der Waals surface area contributed by atoms with Crippen molar-refractivity contribution in [3.63, 3.8) is 0 Å². The summed E-state index contributed by atoms with van der Waals surface area (Å²) in [5, 5.41) is 12.0. The van der Waals surface area contributed by atoms with Gasteiger partial charge in [-0.25, -0.2) is 4.98 Å². The van der Waals surface area contributed by atoms with Crippen LogP contribution in [0.2, 0.25) is 0 Å². The van der Waals surface area contributed by atoms with Gasteiger partial charge in [-0.15, -0.1) is 11.3 Å². The number of rotatable bonds is 9. The summed E-state index contributed by atoms with van der Waals surface area (Å²) in [4.78, 5) is 17.7. The number of hydrogen-bond acceptors (Lipinski definition) is 8. The second-order valence-corrected chi connectivity index (χ2v) is 7.99. The monoisotopic (exact) mass is 452 g/mol. The fraction of sp³-hybridized carbons (Fsp3) is 0.292. The first kappa shape index (κ1) is 23.1. The molecule has 1 atom stereocenters. The molecule has 0 aliphatic carbocycles. The summed E-state index contributed by atoms with van der Waals surface area (Å²) in [6.45, 7) is 3.81. The van der Waals surface area contributed by atoms with Gasteiger partial charge in [0.1, 0.15) is 5.01 Å². The van der Waals surface area contributed by atoms with E-state index in [9.17, 15) is 10.1 Å². The van der Waals surface area contributed by atoms with Crippen molar-refractivity contribution in [2.24, 2.45) is 0 Å². The molecule has 3 aromatic rings.